The third-order valence-electron chi connectivity index (χ3n) is 5.51. The largest absolute Gasteiger partial charge is 0.455 e. The molecule has 0 spiro atoms. The van der Waals surface area contributed by atoms with Gasteiger partial charge in [0.2, 0.25) is 0 Å². The summed E-state index contributed by atoms with van der Waals surface area (Å²) in [6.45, 7) is 13.2. The zero-order chi connectivity index (χ0) is 22.5. The first-order valence-electron chi connectivity index (χ1n) is 10.8. The molecule has 166 valence electrons. The van der Waals surface area contributed by atoms with Crippen LogP contribution >= 0.6 is 0 Å². The number of benzene rings is 1. The average molecular weight is 426 g/mol. The number of hydrogen-bond acceptors (Lipinski definition) is 5. The molecule has 0 aliphatic carbocycles. The molecule has 8 heteroatoms. The van der Waals surface area contributed by atoms with Crippen molar-refractivity contribution in [2.45, 2.75) is 65.8 Å². The number of fused-ring (bicyclic) bond motifs is 3. The van der Waals surface area contributed by atoms with Crippen LogP contribution in [-0.4, -0.2) is 57.2 Å². The zero-order valence-electron chi connectivity index (χ0n) is 19.1. The van der Waals surface area contributed by atoms with E-state index in [0.29, 0.717) is 18.8 Å². The second-order valence-electron chi connectivity index (χ2n) is 9.65. The van der Waals surface area contributed by atoms with E-state index in [0.717, 1.165) is 16.9 Å². The lowest BCUT2D eigenvalue weighted by Gasteiger charge is -2.40. The fourth-order valence-corrected chi connectivity index (χ4v) is 4.34. The lowest BCUT2D eigenvalue weighted by molar-refractivity contribution is 0.00619. The number of imidazole rings is 1. The summed E-state index contributed by atoms with van der Waals surface area (Å²) in [5, 5.41) is 3.46. The highest BCUT2D eigenvalue weighted by Gasteiger charge is 2.36. The average Bonchev–Trinajstić information content (AvgIpc) is 3.08. The van der Waals surface area contributed by atoms with Crippen molar-refractivity contribution in [3.8, 4) is 5.69 Å². The van der Waals surface area contributed by atoms with E-state index in [1.165, 1.54) is 0 Å². The number of amides is 2. The molecular formula is C23H31N5O3. The van der Waals surface area contributed by atoms with Gasteiger partial charge in [-0.2, -0.15) is 0 Å². The number of aromatic nitrogens is 2. The number of aryl methyl sites for hydroxylation is 1. The van der Waals surface area contributed by atoms with Gasteiger partial charge in [-0.05, 0) is 59.2 Å². The summed E-state index contributed by atoms with van der Waals surface area (Å²) in [6, 6.07) is 6.36. The van der Waals surface area contributed by atoms with Crippen LogP contribution in [-0.2, 0) is 11.3 Å². The topological polar surface area (TPSA) is 79.7 Å². The van der Waals surface area contributed by atoms with E-state index in [9.17, 15) is 9.59 Å². The highest BCUT2D eigenvalue weighted by molar-refractivity contribution is 5.97. The van der Waals surface area contributed by atoms with Crippen molar-refractivity contribution in [1.82, 2.24) is 19.8 Å². The maximum absolute atomic E-state index is 13.6. The minimum Gasteiger partial charge on any atom is -0.455 e. The van der Waals surface area contributed by atoms with Gasteiger partial charge in [0.25, 0.3) is 0 Å². The van der Waals surface area contributed by atoms with Gasteiger partial charge in [-0.15, -0.1) is 0 Å². The maximum atomic E-state index is 13.6. The molecule has 2 aliphatic rings. The van der Waals surface area contributed by atoms with E-state index < -0.39 is 11.6 Å². The number of ether oxygens (including phenoxy) is 1. The second kappa shape index (κ2) is 7.67. The molecule has 2 amide bonds. The van der Waals surface area contributed by atoms with Gasteiger partial charge < -0.3 is 15.0 Å². The minimum atomic E-state index is -0.625. The van der Waals surface area contributed by atoms with Gasteiger partial charge in [-0.3, -0.25) is 9.47 Å². The second-order valence-corrected chi connectivity index (χ2v) is 9.65. The molecule has 0 bridgehead atoms. The van der Waals surface area contributed by atoms with Gasteiger partial charge in [-0.1, -0.05) is 6.07 Å². The third kappa shape index (κ3) is 4.17. The van der Waals surface area contributed by atoms with Gasteiger partial charge in [0.15, 0.2) is 5.69 Å². The molecule has 1 aromatic heterocycles. The highest BCUT2D eigenvalue weighted by Crippen LogP contribution is 2.35. The summed E-state index contributed by atoms with van der Waals surface area (Å²) in [7, 11) is 0. The van der Waals surface area contributed by atoms with Crippen molar-refractivity contribution in [3.05, 3.63) is 41.5 Å². The Labute approximate surface area is 183 Å². The van der Waals surface area contributed by atoms with Crippen LogP contribution in [0.15, 0.2) is 24.5 Å². The Morgan fingerprint density at radius 2 is 1.81 bits per heavy atom. The number of nitrogens with zero attached hydrogens (tertiary/aromatic N) is 4. The van der Waals surface area contributed by atoms with Gasteiger partial charge in [0.05, 0.1) is 23.6 Å². The first-order chi connectivity index (χ1) is 14.5. The number of rotatable bonds is 1. The van der Waals surface area contributed by atoms with Gasteiger partial charge >= 0.3 is 12.0 Å². The van der Waals surface area contributed by atoms with Crippen LogP contribution in [0.25, 0.3) is 5.69 Å². The molecule has 0 radical (unpaired) electrons. The molecule has 1 fully saturated rings. The van der Waals surface area contributed by atoms with Gasteiger partial charge in [-0.25, -0.2) is 14.6 Å². The SMILES string of the molecule is Cc1ccc2c(c1)N(C(=O)N1C[C@@H](C)N[C@@H](C)C1)Cc1c(C(=O)OC(C)(C)C)ncn1-2. The molecule has 3 heterocycles. The third-order valence-corrected chi connectivity index (χ3v) is 5.51. The molecule has 4 rings (SSSR count). The fourth-order valence-electron chi connectivity index (χ4n) is 4.34. The van der Waals surface area contributed by atoms with Crippen molar-refractivity contribution in [3.63, 3.8) is 0 Å². The molecule has 2 aliphatic heterocycles. The predicted molar refractivity (Wildman–Crippen MR) is 119 cm³/mol. The van der Waals surface area contributed by atoms with E-state index in [1.807, 2.05) is 55.4 Å². The van der Waals surface area contributed by atoms with Crippen molar-refractivity contribution < 1.29 is 14.3 Å². The Hall–Kier alpha value is -2.87. The zero-order valence-corrected chi connectivity index (χ0v) is 19.1. The Morgan fingerprint density at radius 3 is 2.45 bits per heavy atom. The smallest absolute Gasteiger partial charge is 0.359 e. The van der Waals surface area contributed by atoms with Crippen LogP contribution < -0.4 is 10.2 Å². The van der Waals surface area contributed by atoms with E-state index in [-0.39, 0.29) is 30.4 Å². The van der Waals surface area contributed by atoms with Crippen LogP contribution in [0.3, 0.4) is 0 Å². The first kappa shape index (κ1) is 21.4. The summed E-state index contributed by atoms with van der Waals surface area (Å²) in [5.41, 5.74) is 3.01. The summed E-state index contributed by atoms with van der Waals surface area (Å²) in [4.78, 5) is 34.5. The number of anilines is 1. The van der Waals surface area contributed by atoms with Crippen molar-refractivity contribution in [1.29, 1.82) is 0 Å². The van der Waals surface area contributed by atoms with E-state index in [2.05, 4.69) is 24.1 Å². The lowest BCUT2D eigenvalue weighted by Crippen LogP contribution is -2.58. The number of esters is 1. The predicted octanol–water partition coefficient (Wildman–Crippen LogP) is 3.26. The fraction of sp³-hybridized carbons (Fsp3) is 0.522. The molecular weight excluding hydrogens is 394 g/mol. The van der Waals surface area contributed by atoms with Gasteiger partial charge in [0, 0.05) is 25.2 Å². The van der Waals surface area contributed by atoms with Crippen LogP contribution in [0.1, 0.15) is 56.4 Å². The Bertz CT molecular complexity index is 1010. The Morgan fingerprint density at radius 1 is 1.13 bits per heavy atom. The maximum Gasteiger partial charge on any atom is 0.359 e. The standard InChI is InChI=1S/C23H31N5O3/c1-14-7-8-17-18(9-14)27(22(30)26-10-15(2)25-16(3)11-26)12-19-20(24-13-28(17)19)21(29)31-23(4,5)6/h7-9,13,15-16,25H,10-12H2,1-6H3/t15-,16+. The molecule has 1 saturated heterocycles. The van der Waals surface area contributed by atoms with E-state index in [4.69, 9.17) is 4.74 Å². The number of piperazine rings is 1. The van der Waals surface area contributed by atoms with E-state index >= 15 is 0 Å². The number of nitrogens with one attached hydrogen (secondary N) is 1. The molecule has 2 aromatic rings. The van der Waals surface area contributed by atoms with Crippen LogP contribution in [0.4, 0.5) is 10.5 Å². The molecule has 2 atom stereocenters. The molecule has 0 saturated carbocycles. The quantitative estimate of drug-likeness (QED) is 0.710. The van der Waals surface area contributed by atoms with Crippen molar-refractivity contribution in [2.75, 3.05) is 18.0 Å². The molecule has 8 nitrogen and oxygen atoms in total. The van der Waals surface area contributed by atoms with Gasteiger partial charge in [0.1, 0.15) is 11.9 Å². The van der Waals surface area contributed by atoms with Crippen LogP contribution in [0.2, 0.25) is 0 Å². The summed E-state index contributed by atoms with van der Waals surface area (Å²) in [5.74, 6) is -0.478. The number of urea groups is 1. The monoisotopic (exact) mass is 425 g/mol. The van der Waals surface area contributed by atoms with Crippen molar-refractivity contribution in [2.24, 2.45) is 0 Å². The summed E-state index contributed by atoms with van der Waals surface area (Å²) < 4.78 is 7.45. The van der Waals surface area contributed by atoms with Crippen molar-refractivity contribution >= 4 is 17.7 Å². The van der Waals surface area contributed by atoms with Crippen LogP contribution in [0.5, 0.6) is 0 Å². The van der Waals surface area contributed by atoms with Crippen LogP contribution in [0, 0.1) is 6.92 Å². The minimum absolute atomic E-state index is 0.0605. The van der Waals surface area contributed by atoms with E-state index in [1.54, 1.807) is 11.2 Å². The lowest BCUT2D eigenvalue weighted by atomic mass is 10.1. The Kier molecular flexibility index (Phi) is 5.29. The molecule has 1 aromatic carbocycles. The molecule has 0 unspecified atom stereocenters. The summed E-state index contributed by atoms with van der Waals surface area (Å²) >= 11 is 0. The Balaban J connectivity index is 1.74. The summed E-state index contributed by atoms with van der Waals surface area (Å²) in [6.07, 6.45) is 1.64. The first-order valence-corrected chi connectivity index (χ1v) is 10.8. The number of carbonyl (C=O) groups excluding carboxylic acids is 2. The highest BCUT2D eigenvalue weighted by atomic mass is 16.6. The number of hydrogen-bond donors (Lipinski definition) is 1. The molecule has 31 heavy (non-hydrogen) atoms. The molecule has 1 N–H and O–H groups in total. The number of carbonyl (C=O) groups is 2. The normalized spacial score (nSPS) is 20.8.